The molecule has 23 heavy (non-hydrogen) atoms. The molecule has 12 heteroatoms. The van der Waals surface area contributed by atoms with E-state index in [0.29, 0.717) is 0 Å². The molecule has 6 rings (SSSR count). The predicted octanol–water partition coefficient (Wildman–Crippen LogP) is 2.11. The predicted molar refractivity (Wildman–Crippen MR) is 92.9 cm³/mol. The van der Waals surface area contributed by atoms with E-state index in [4.69, 9.17) is 18.1 Å². The highest BCUT2D eigenvalue weighted by atomic mass is 31.3. The van der Waals surface area contributed by atoms with Gasteiger partial charge in [-0.15, -0.1) is 0 Å². The van der Waals surface area contributed by atoms with Gasteiger partial charge in [-0.1, -0.05) is 0 Å². The van der Waals surface area contributed by atoms with Gasteiger partial charge >= 0.3 is 0 Å². The molecule has 0 aliphatic carbocycles. The first-order valence-corrected chi connectivity index (χ1v) is 13.4. The lowest BCUT2D eigenvalue weighted by molar-refractivity contribution is 0.310. The van der Waals surface area contributed by atoms with Gasteiger partial charge in [0.1, 0.15) is 0 Å². The summed E-state index contributed by atoms with van der Waals surface area (Å²) in [6, 6.07) is 0. The Hall–Kier alpha value is 0.450. The second kappa shape index (κ2) is 4.79. The van der Waals surface area contributed by atoms with Gasteiger partial charge in [0.2, 0.25) is 15.0 Å². The van der Waals surface area contributed by atoms with Gasteiger partial charge in [0.25, 0.3) is 7.58 Å². The van der Waals surface area contributed by atoms with Crippen molar-refractivity contribution in [2.45, 2.75) is 6.42 Å². The minimum atomic E-state index is -2.24. The third-order valence-electron chi connectivity index (χ3n) is 4.84. The molecule has 5 fully saturated rings. The zero-order valence-electron chi connectivity index (χ0n) is 13.2. The minimum Gasteiger partial charge on any atom is -0.316 e. The zero-order chi connectivity index (χ0) is 15.1. The second-order valence-corrected chi connectivity index (χ2v) is 15.0. The van der Waals surface area contributed by atoms with Crippen LogP contribution in [0, 0.1) is 0 Å². The van der Waals surface area contributed by atoms with Crippen molar-refractivity contribution in [1.29, 1.82) is 0 Å². The fraction of sp³-hybridized carbons (Fsp3) is 1.00. The van der Waals surface area contributed by atoms with Gasteiger partial charge < -0.3 is 4.52 Å². The van der Waals surface area contributed by atoms with E-state index in [9.17, 15) is 0 Å². The van der Waals surface area contributed by atoms with E-state index in [1.54, 1.807) is 0 Å². The van der Waals surface area contributed by atoms with Gasteiger partial charge in [0.05, 0.1) is 6.61 Å². The highest BCUT2D eigenvalue weighted by Gasteiger charge is 2.56. The first-order valence-electron chi connectivity index (χ1n) is 8.58. The number of hydrogen-bond acceptors (Lipinski definition) is 9. The molecule has 5 saturated heterocycles. The van der Waals surface area contributed by atoms with E-state index in [2.05, 4.69) is 23.8 Å². The number of nitrogens with one attached hydrogen (secondary N) is 1. The summed E-state index contributed by atoms with van der Waals surface area (Å²) < 4.78 is 32.5. The Morgan fingerprint density at radius 1 is 0.696 bits per heavy atom. The molecule has 1 N–H and O–H groups in total. The molecule has 1 atom stereocenters. The first kappa shape index (κ1) is 14.6. The maximum absolute atomic E-state index is 6.28. The molecule has 0 radical (unpaired) electrons. The summed E-state index contributed by atoms with van der Waals surface area (Å²) in [5.41, 5.74) is 0. The molecule has 6 aliphatic heterocycles. The van der Waals surface area contributed by atoms with Crippen LogP contribution in [0.1, 0.15) is 6.42 Å². The summed E-state index contributed by atoms with van der Waals surface area (Å²) in [4.78, 5) is 0. The zero-order valence-corrected chi connectivity index (χ0v) is 15.8. The van der Waals surface area contributed by atoms with Crippen molar-refractivity contribution in [3.8, 4) is 0 Å². The van der Waals surface area contributed by atoms with Crippen LogP contribution in [0.2, 0.25) is 0 Å². The lowest BCUT2D eigenvalue weighted by Gasteiger charge is -2.38. The summed E-state index contributed by atoms with van der Waals surface area (Å²) in [7, 11) is -6.13. The van der Waals surface area contributed by atoms with Crippen molar-refractivity contribution in [1.82, 2.24) is 23.8 Å². The molecule has 6 heterocycles. The van der Waals surface area contributed by atoms with Crippen LogP contribution in [-0.4, -0.2) is 84.2 Å². The maximum Gasteiger partial charge on any atom is 0.279 e. The van der Waals surface area contributed by atoms with Crippen LogP contribution < -0.4 is 5.09 Å². The molecule has 1 unspecified atom stereocenters. The number of hydrogen-bond donors (Lipinski definition) is 1. The molecular weight excluding hydrogens is 353 g/mol. The molecule has 0 amide bonds. The molecule has 0 aromatic rings. The molecule has 128 valence electrons. The standard InChI is InChI=1S/C11H23N8OP3/c1-2-12-21(20-11-1)13-22(16-3-4-16,17-5-6-17)15-23(14-21,18-7-8-18)19-9-10-19/h12H,1-11H2. The Morgan fingerprint density at radius 3 is 1.65 bits per heavy atom. The average molecular weight is 376 g/mol. The van der Waals surface area contributed by atoms with E-state index < -0.39 is 22.6 Å². The molecule has 6 aliphatic rings. The van der Waals surface area contributed by atoms with Gasteiger partial charge in [-0.05, 0) is 6.42 Å². The quantitative estimate of drug-likeness (QED) is 0.599. The van der Waals surface area contributed by atoms with Gasteiger partial charge in [-0.3, -0.25) is 0 Å². The lowest BCUT2D eigenvalue weighted by Crippen LogP contribution is -2.23. The van der Waals surface area contributed by atoms with Crippen LogP contribution in [0.25, 0.3) is 0 Å². The summed E-state index contributed by atoms with van der Waals surface area (Å²) in [5.74, 6) is 0. The molecular formula is C11H23N8OP3. The highest BCUT2D eigenvalue weighted by molar-refractivity contribution is 7.82. The van der Waals surface area contributed by atoms with Crippen molar-refractivity contribution in [3.63, 3.8) is 0 Å². The fourth-order valence-electron chi connectivity index (χ4n) is 3.25. The van der Waals surface area contributed by atoms with Crippen LogP contribution >= 0.6 is 22.6 Å². The largest absolute Gasteiger partial charge is 0.316 e. The van der Waals surface area contributed by atoms with E-state index in [0.717, 1.165) is 71.9 Å². The van der Waals surface area contributed by atoms with Crippen molar-refractivity contribution >= 4 is 22.6 Å². The number of nitrogens with zero attached hydrogens (tertiary/aromatic N) is 7. The number of rotatable bonds is 4. The molecule has 1 spiro atoms. The van der Waals surface area contributed by atoms with Crippen molar-refractivity contribution in [2.75, 3.05) is 65.5 Å². The summed E-state index contributed by atoms with van der Waals surface area (Å²) in [5, 5.41) is 3.62. The summed E-state index contributed by atoms with van der Waals surface area (Å²) in [6.07, 6.45) is 1.06. The molecule has 0 aromatic heterocycles. The minimum absolute atomic E-state index is 0.785. The van der Waals surface area contributed by atoms with Crippen molar-refractivity contribution in [2.24, 2.45) is 13.5 Å². The Kier molecular flexibility index (Phi) is 3.04. The Morgan fingerprint density at radius 2 is 1.22 bits per heavy atom. The lowest BCUT2D eigenvalue weighted by atomic mass is 10.5. The topological polar surface area (TPSA) is 70.4 Å². The van der Waals surface area contributed by atoms with E-state index in [1.165, 1.54) is 0 Å². The first-order chi connectivity index (χ1) is 11.2. The van der Waals surface area contributed by atoms with Crippen LogP contribution in [-0.2, 0) is 4.52 Å². The molecule has 0 aromatic carbocycles. The van der Waals surface area contributed by atoms with Crippen LogP contribution in [0.5, 0.6) is 0 Å². The van der Waals surface area contributed by atoms with Crippen LogP contribution in [0.3, 0.4) is 0 Å². The van der Waals surface area contributed by atoms with Gasteiger partial charge in [-0.25, -0.2) is 23.8 Å². The monoisotopic (exact) mass is 376 g/mol. The maximum atomic E-state index is 6.28. The van der Waals surface area contributed by atoms with Gasteiger partial charge in [0.15, 0.2) is 0 Å². The summed E-state index contributed by atoms with van der Waals surface area (Å²) >= 11 is 0. The normalized spacial score (nSPS) is 41.7. The fourth-order valence-corrected chi connectivity index (χ4v) is 17.2. The van der Waals surface area contributed by atoms with Crippen LogP contribution in [0.4, 0.5) is 0 Å². The third-order valence-corrected chi connectivity index (χ3v) is 16.4. The van der Waals surface area contributed by atoms with Gasteiger partial charge in [0, 0.05) is 58.9 Å². The molecule has 0 bridgehead atoms. The molecule has 0 saturated carbocycles. The smallest absolute Gasteiger partial charge is 0.279 e. The average Bonchev–Trinajstić information content (AvgIpc) is 3.38. The molecule has 9 nitrogen and oxygen atoms in total. The SMILES string of the molecule is C1CNP2(=NP(N3CC3)(N3CC3)=NP(N3CC3)(N3CC3)=N2)OC1. The van der Waals surface area contributed by atoms with E-state index in [-0.39, 0.29) is 0 Å². The van der Waals surface area contributed by atoms with E-state index in [1.807, 2.05) is 0 Å². The Balaban J connectivity index is 1.62. The van der Waals surface area contributed by atoms with Crippen molar-refractivity contribution in [3.05, 3.63) is 0 Å². The van der Waals surface area contributed by atoms with Crippen molar-refractivity contribution < 1.29 is 4.52 Å². The van der Waals surface area contributed by atoms with Gasteiger partial charge in [-0.2, -0.15) is 13.5 Å². The Bertz CT molecular complexity index is 651. The van der Waals surface area contributed by atoms with Crippen LogP contribution in [0.15, 0.2) is 13.5 Å². The highest BCUT2D eigenvalue weighted by Crippen LogP contribution is 2.84. The Labute approximate surface area is 137 Å². The third kappa shape index (κ3) is 2.26. The van der Waals surface area contributed by atoms with E-state index >= 15 is 0 Å². The second-order valence-electron chi connectivity index (χ2n) is 6.80. The summed E-state index contributed by atoms with van der Waals surface area (Å²) in [6.45, 7) is 10.8.